The number of carboxylic acids is 1. The maximum atomic E-state index is 10.6. The third-order valence-corrected chi connectivity index (χ3v) is 6.15. The number of hydrogen-bond acceptors (Lipinski definition) is 4. The number of carboxylic acid groups (broad SMARTS) is 1. The number of aromatic nitrogens is 2. The summed E-state index contributed by atoms with van der Waals surface area (Å²) in [5.74, 6) is -1.88. The summed E-state index contributed by atoms with van der Waals surface area (Å²) in [4.78, 5) is 16.5. The Morgan fingerprint density at radius 2 is 1.80 bits per heavy atom. The standard InChI is InChI=1S/C24H31N3O.C2HF3O2/c1-5-9-19(10-6-2)26-14-13-18-16-27(20-11-7-8-12-22(20)28-4)24-23(18)21(26)15-17(3)25-24;3-2(4,5)1(6)7/h7-8,11-12,15-16,19H,5-6,9-10,13-14H2,1-4H3;(H,6,7). The number of ether oxygens (including phenoxy) is 1. The van der Waals surface area contributed by atoms with Crippen molar-refractivity contribution >= 4 is 22.7 Å². The maximum Gasteiger partial charge on any atom is 0.490 e. The third-order valence-electron chi connectivity index (χ3n) is 6.15. The minimum absolute atomic E-state index is 0.614. The molecule has 3 aromatic rings. The molecule has 2 aromatic heterocycles. The number of carbonyl (C=O) groups is 1. The van der Waals surface area contributed by atoms with Crippen LogP contribution in [-0.4, -0.2) is 46.5 Å². The van der Waals surface area contributed by atoms with Crippen LogP contribution in [0.1, 0.15) is 50.8 Å². The molecule has 4 rings (SSSR count). The van der Waals surface area contributed by atoms with Crippen molar-refractivity contribution in [2.24, 2.45) is 0 Å². The van der Waals surface area contributed by atoms with Crippen LogP contribution < -0.4 is 9.64 Å². The first-order chi connectivity index (χ1) is 16.6. The Kier molecular flexibility index (Phi) is 8.30. The van der Waals surface area contributed by atoms with Crippen molar-refractivity contribution in [3.8, 4) is 11.4 Å². The zero-order chi connectivity index (χ0) is 25.8. The fraction of sp³-hybridized carbons (Fsp3) is 0.462. The molecular formula is C26H32F3N3O3. The highest BCUT2D eigenvalue weighted by Gasteiger charge is 2.38. The van der Waals surface area contributed by atoms with Crippen LogP contribution in [0.4, 0.5) is 18.9 Å². The molecule has 190 valence electrons. The number of aryl methyl sites for hydroxylation is 1. The first-order valence-electron chi connectivity index (χ1n) is 11.8. The number of pyridine rings is 1. The quantitative estimate of drug-likeness (QED) is 0.420. The van der Waals surface area contributed by atoms with Gasteiger partial charge >= 0.3 is 12.1 Å². The molecule has 0 spiro atoms. The zero-order valence-corrected chi connectivity index (χ0v) is 20.5. The molecule has 0 unspecified atom stereocenters. The van der Waals surface area contributed by atoms with E-state index in [2.05, 4.69) is 54.6 Å². The summed E-state index contributed by atoms with van der Waals surface area (Å²) in [6.45, 7) is 7.79. The lowest BCUT2D eigenvalue weighted by Gasteiger charge is -2.37. The van der Waals surface area contributed by atoms with E-state index in [1.54, 1.807) is 7.11 Å². The van der Waals surface area contributed by atoms with Crippen LogP contribution in [0.3, 0.4) is 0 Å². The van der Waals surface area contributed by atoms with E-state index in [4.69, 9.17) is 19.6 Å². The predicted molar refractivity (Wildman–Crippen MR) is 131 cm³/mol. The second-order valence-corrected chi connectivity index (χ2v) is 8.66. The molecule has 3 heterocycles. The Morgan fingerprint density at radius 1 is 1.17 bits per heavy atom. The van der Waals surface area contributed by atoms with Crippen molar-refractivity contribution < 1.29 is 27.8 Å². The van der Waals surface area contributed by atoms with Crippen LogP contribution in [0, 0.1) is 6.92 Å². The molecule has 1 aromatic carbocycles. The lowest BCUT2D eigenvalue weighted by Crippen LogP contribution is -2.38. The second kappa shape index (κ2) is 11.0. The Labute approximate surface area is 203 Å². The number of anilines is 1. The van der Waals surface area contributed by atoms with Gasteiger partial charge in [-0.05, 0) is 49.9 Å². The van der Waals surface area contributed by atoms with Crippen molar-refractivity contribution in [2.45, 2.75) is 65.1 Å². The number of alkyl halides is 3. The number of aliphatic carboxylic acids is 1. The van der Waals surface area contributed by atoms with Gasteiger partial charge in [0, 0.05) is 29.9 Å². The van der Waals surface area contributed by atoms with Gasteiger partial charge in [0.05, 0.1) is 18.5 Å². The highest BCUT2D eigenvalue weighted by atomic mass is 19.4. The molecular weight excluding hydrogens is 459 g/mol. The van der Waals surface area contributed by atoms with Crippen molar-refractivity contribution in [3.05, 3.63) is 47.8 Å². The minimum Gasteiger partial charge on any atom is -0.495 e. The summed E-state index contributed by atoms with van der Waals surface area (Å²) in [5, 5.41) is 8.44. The van der Waals surface area contributed by atoms with Crippen LogP contribution >= 0.6 is 0 Å². The fourth-order valence-corrected chi connectivity index (χ4v) is 4.70. The number of hydrogen-bond donors (Lipinski definition) is 1. The molecule has 0 fully saturated rings. The Bertz CT molecular complexity index is 1170. The summed E-state index contributed by atoms with van der Waals surface area (Å²) in [6.07, 6.45) is 3.20. The number of para-hydroxylation sites is 2. The van der Waals surface area contributed by atoms with Crippen LogP contribution in [0.5, 0.6) is 5.75 Å². The summed E-state index contributed by atoms with van der Waals surface area (Å²) < 4.78 is 39.6. The molecule has 0 radical (unpaired) electrons. The van der Waals surface area contributed by atoms with Gasteiger partial charge < -0.3 is 14.7 Å². The van der Waals surface area contributed by atoms with E-state index in [9.17, 15) is 13.2 Å². The van der Waals surface area contributed by atoms with Crippen LogP contribution in [0.25, 0.3) is 16.7 Å². The van der Waals surface area contributed by atoms with Gasteiger partial charge in [-0.3, -0.25) is 4.57 Å². The van der Waals surface area contributed by atoms with E-state index in [1.807, 2.05) is 12.1 Å². The van der Waals surface area contributed by atoms with Crippen molar-refractivity contribution in [2.75, 3.05) is 18.6 Å². The summed E-state index contributed by atoms with van der Waals surface area (Å²) in [5.41, 5.74) is 5.93. The molecule has 0 amide bonds. The minimum atomic E-state index is -5.08. The molecule has 1 N–H and O–H groups in total. The SMILES string of the molecule is CCCC(CCC)N1CCc2cn(-c3ccccc3OC)c3nc(C)cc1c23.O=C(O)C(F)(F)F. The fourth-order valence-electron chi connectivity index (χ4n) is 4.70. The van der Waals surface area contributed by atoms with Crippen LogP contribution in [0.2, 0.25) is 0 Å². The molecule has 0 aliphatic carbocycles. The predicted octanol–water partition coefficient (Wildman–Crippen LogP) is 6.31. The lowest BCUT2D eigenvalue weighted by molar-refractivity contribution is -0.192. The van der Waals surface area contributed by atoms with Crippen molar-refractivity contribution in [1.29, 1.82) is 0 Å². The average molecular weight is 492 g/mol. The van der Waals surface area contributed by atoms with Gasteiger partial charge in [0.25, 0.3) is 0 Å². The molecule has 0 saturated heterocycles. The van der Waals surface area contributed by atoms with Gasteiger partial charge in [-0.25, -0.2) is 9.78 Å². The van der Waals surface area contributed by atoms with Crippen molar-refractivity contribution in [3.63, 3.8) is 0 Å². The molecule has 9 heteroatoms. The molecule has 1 aliphatic heterocycles. The van der Waals surface area contributed by atoms with E-state index in [-0.39, 0.29) is 0 Å². The van der Waals surface area contributed by atoms with E-state index in [0.29, 0.717) is 6.04 Å². The van der Waals surface area contributed by atoms with Gasteiger partial charge in [0.15, 0.2) is 0 Å². The topological polar surface area (TPSA) is 67.6 Å². The number of rotatable bonds is 7. The largest absolute Gasteiger partial charge is 0.495 e. The molecule has 0 bridgehead atoms. The number of nitrogens with zero attached hydrogens (tertiary/aromatic N) is 3. The monoisotopic (exact) mass is 491 g/mol. The Morgan fingerprint density at radius 3 is 2.37 bits per heavy atom. The Hall–Kier alpha value is -3.23. The van der Waals surface area contributed by atoms with Crippen LogP contribution in [-0.2, 0) is 11.2 Å². The number of halogens is 3. The molecule has 1 aliphatic rings. The molecule has 0 saturated carbocycles. The van der Waals surface area contributed by atoms with E-state index < -0.39 is 12.1 Å². The molecule has 0 atom stereocenters. The summed E-state index contributed by atoms with van der Waals surface area (Å²) in [7, 11) is 1.73. The molecule has 6 nitrogen and oxygen atoms in total. The van der Waals surface area contributed by atoms with Gasteiger partial charge in [0.2, 0.25) is 0 Å². The normalized spacial score (nSPS) is 13.1. The van der Waals surface area contributed by atoms with Crippen molar-refractivity contribution in [1.82, 2.24) is 9.55 Å². The third kappa shape index (κ3) is 5.71. The van der Waals surface area contributed by atoms with E-state index in [0.717, 1.165) is 35.7 Å². The Balaban J connectivity index is 0.000000429. The van der Waals surface area contributed by atoms with E-state index >= 15 is 0 Å². The highest BCUT2D eigenvalue weighted by molar-refractivity contribution is 5.96. The summed E-state index contributed by atoms with van der Waals surface area (Å²) >= 11 is 0. The average Bonchev–Trinajstić information content (AvgIpc) is 3.18. The van der Waals surface area contributed by atoms with Gasteiger partial charge in [-0.15, -0.1) is 0 Å². The maximum absolute atomic E-state index is 10.6. The summed E-state index contributed by atoms with van der Waals surface area (Å²) in [6, 6.07) is 11.1. The highest BCUT2D eigenvalue weighted by Crippen LogP contribution is 2.39. The van der Waals surface area contributed by atoms with Gasteiger partial charge in [0.1, 0.15) is 11.4 Å². The second-order valence-electron chi connectivity index (χ2n) is 8.66. The van der Waals surface area contributed by atoms with E-state index in [1.165, 1.54) is 42.3 Å². The van der Waals surface area contributed by atoms with Gasteiger partial charge in [-0.2, -0.15) is 13.2 Å². The number of benzene rings is 1. The zero-order valence-electron chi connectivity index (χ0n) is 20.5. The molecule has 35 heavy (non-hydrogen) atoms. The first-order valence-corrected chi connectivity index (χ1v) is 11.8. The lowest BCUT2D eigenvalue weighted by atomic mass is 9.98. The smallest absolute Gasteiger partial charge is 0.490 e. The van der Waals surface area contributed by atoms with Crippen LogP contribution in [0.15, 0.2) is 36.5 Å². The van der Waals surface area contributed by atoms with Gasteiger partial charge in [-0.1, -0.05) is 38.8 Å². The first kappa shape index (κ1) is 26.4. The number of methoxy groups -OCH3 is 1.